The molecule has 0 aliphatic carbocycles. The number of thiophene rings is 1. The Kier molecular flexibility index (Phi) is 5.57. The minimum Gasteiger partial charge on any atom is -0.481 e. The number of rotatable bonds is 4. The zero-order valence-electron chi connectivity index (χ0n) is 12.1. The molecule has 1 atom stereocenters. The molecule has 120 valence electrons. The molecule has 1 aliphatic rings. The van der Waals surface area contributed by atoms with Crippen LogP contribution in [0.4, 0.5) is 0 Å². The van der Waals surface area contributed by atoms with Crippen LogP contribution in [0.5, 0.6) is 0 Å². The number of halogens is 1. The topological polar surface area (TPSA) is 77.9 Å². The van der Waals surface area contributed by atoms with Crippen molar-refractivity contribution < 1.29 is 19.5 Å². The van der Waals surface area contributed by atoms with Crippen LogP contribution < -0.4 is 0 Å². The summed E-state index contributed by atoms with van der Waals surface area (Å²) < 4.78 is 0.857. The fourth-order valence-electron chi connectivity index (χ4n) is 2.42. The number of hydrogen-bond donors (Lipinski definition) is 1. The zero-order chi connectivity index (χ0) is 16.3. The van der Waals surface area contributed by atoms with Gasteiger partial charge in [0.2, 0.25) is 5.91 Å². The van der Waals surface area contributed by atoms with Gasteiger partial charge in [-0.3, -0.25) is 14.4 Å². The van der Waals surface area contributed by atoms with Crippen molar-refractivity contribution >= 4 is 45.1 Å². The Morgan fingerprint density at radius 2 is 2.23 bits per heavy atom. The van der Waals surface area contributed by atoms with Gasteiger partial charge in [-0.25, -0.2) is 0 Å². The van der Waals surface area contributed by atoms with Crippen molar-refractivity contribution in [1.82, 2.24) is 9.80 Å². The van der Waals surface area contributed by atoms with Crippen LogP contribution in [0.3, 0.4) is 0 Å². The molecule has 1 saturated heterocycles. The minimum absolute atomic E-state index is 0.0430. The second kappa shape index (κ2) is 7.23. The van der Waals surface area contributed by atoms with E-state index in [2.05, 4.69) is 15.9 Å². The first-order chi connectivity index (χ1) is 10.4. The van der Waals surface area contributed by atoms with Crippen molar-refractivity contribution in [3.05, 3.63) is 20.8 Å². The van der Waals surface area contributed by atoms with Crippen molar-refractivity contribution in [2.24, 2.45) is 5.92 Å². The van der Waals surface area contributed by atoms with E-state index in [4.69, 9.17) is 5.11 Å². The van der Waals surface area contributed by atoms with Crippen molar-refractivity contribution in [1.29, 1.82) is 0 Å². The number of carbonyl (C=O) groups is 3. The lowest BCUT2D eigenvalue weighted by Gasteiger charge is -2.32. The Morgan fingerprint density at radius 3 is 2.82 bits per heavy atom. The van der Waals surface area contributed by atoms with Crippen LogP contribution in [0.1, 0.15) is 23.2 Å². The predicted octanol–water partition coefficient (Wildman–Crippen LogP) is 1.91. The van der Waals surface area contributed by atoms with Crippen LogP contribution >= 0.6 is 27.3 Å². The molecule has 1 fully saturated rings. The highest BCUT2D eigenvalue weighted by molar-refractivity contribution is 9.11. The van der Waals surface area contributed by atoms with E-state index in [1.165, 1.54) is 21.1 Å². The van der Waals surface area contributed by atoms with Gasteiger partial charge in [0, 0.05) is 25.5 Å². The second-order valence-electron chi connectivity index (χ2n) is 5.32. The Bertz CT molecular complexity index is 589. The van der Waals surface area contributed by atoms with E-state index in [0.29, 0.717) is 24.9 Å². The molecular weight excluding hydrogens is 372 g/mol. The number of likely N-dealkylation sites (tertiary alicyclic amines) is 1. The molecule has 0 saturated carbocycles. The van der Waals surface area contributed by atoms with Gasteiger partial charge < -0.3 is 14.9 Å². The van der Waals surface area contributed by atoms with Gasteiger partial charge >= 0.3 is 5.97 Å². The van der Waals surface area contributed by atoms with Crippen molar-refractivity contribution in [3.8, 4) is 0 Å². The van der Waals surface area contributed by atoms with Gasteiger partial charge in [-0.05, 0) is 34.8 Å². The van der Waals surface area contributed by atoms with Crippen LogP contribution in [-0.2, 0) is 9.59 Å². The lowest BCUT2D eigenvalue weighted by Crippen LogP contribution is -2.46. The number of carbonyl (C=O) groups excluding carboxylic acids is 2. The van der Waals surface area contributed by atoms with E-state index in [0.717, 1.165) is 3.79 Å². The van der Waals surface area contributed by atoms with E-state index < -0.39 is 11.9 Å². The summed E-state index contributed by atoms with van der Waals surface area (Å²) in [6.07, 6.45) is 1.27. The number of carboxylic acids is 1. The maximum atomic E-state index is 12.3. The number of nitrogens with zero attached hydrogens (tertiary/aromatic N) is 2. The summed E-state index contributed by atoms with van der Waals surface area (Å²) in [7, 11) is 1.57. The monoisotopic (exact) mass is 388 g/mol. The Hall–Kier alpha value is -1.41. The van der Waals surface area contributed by atoms with E-state index in [9.17, 15) is 14.4 Å². The first kappa shape index (κ1) is 17.0. The summed E-state index contributed by atoms with van der Waals surface area (Å²) >= 11 is 4.71. The summed E-state index contributed by atoms with van der Waals surface area (Å²) in [5.74, 6) is -1.81. The van der Waals surface area contributed by atoms with Gasteiger partial charge in [0.25, 0.3) is 5.91 Å². The number of amides is 2. The minimum atomic E-state index is -0.870. The Labute approximate surface area is 140 Å². The number of piperidine rings is 1. The van der Waals surface area contributed by atoms with Gasteiger partial charge in [-0.1, -0.05) is 0 Å². The normalized spacial score (nSPS) is 18.1. The summed E-state index contributed by atoms with van der Waals surface area (Å²) in [6, 6.07) is 1.72. The van der Waals surface area contributed by atoms with Crippen LogP contribution in [0, 0.1) is 5.92 Å². The molecule has 0 spiro atoms. The van der Waals surface area contributed by atoms with E-state index in [1.807, 2.05) is 0 Å². The molecule has 0 radical (unpaired) electrons. The Balaban J connectivity index is 1.93. The van der Waals surface area contributed by atoms with Gasteiger partial charge in [-0.2, -0.15) is 0 Å². The van der Waals surface area contributed by atoms with E-state index >= 15 is 0 Å². The van der Waals surface area contributed by atoms with E-state index in [-0.39, 0.29) is 24.9 Å². The molecule has 2 rings (SSSR count). The maximum Gasteiger partial charge on any atom is 0.308 e. The number of likely N-dealkylation sites (N-methyl/N-ethyl adjacent to an activating group) is 1. The fraction of sp³-hybridized carbons (Fsp3) is 0.500. The third kappa shape index (κ3) is 4.07. The SMILES string of the molecule is CN(CC(=O)N1CCCC(C(=O)O)C1)C(=O)c1csc(Br)c1. The molecule has 6 nitrogen and oxygen atoms in total. The molecule has 0 bridgehead atoms. The molecule has 1 unspecified atom stereocenters. The van der Waals surface area contributed by atoms with Crippen LogP contribution in [0.25, 0.3) is 0 Å². The first-order valence-corrected chi connectivity index (χ1v) is 8.56. The van der Waals surface area contributed by atoms with Crippen molar-refractivity contribution in [3.63, 3.8) is 0 Å². The first-order valence-electron chi connectivity index (χ1n) is 6.88. The highest BCUT2D eigenvalue weighted by atomic mass is 79.9. The average molecular weight is 389 g/mol. The van der Waals surface area contributed by atoms with Gasteiger partial charge in [0.05, 0.1) is 21.8 Å². The van der Waals surface area contributed by atoms with Gasteiger partial charge in [0.15, 0.2) is 0 Å². The molecule has 2 amide bonds. The predicted molar refractivity (Wildman–Crippen MR) is 85.9 cm³/mol. The number of aliphatic carboxylic acids is 1. The highest BCUT2D eigenvalue weighted by Crippen LogP contribution is 2.22. The molecule has 8 heteroatoms. The molecule has 1 aliphatic heterocycles. The molecule has 1 aromatic heterocycles. The maximum absolute atomic E-state index is 12.3. The van der Waals surface area contributed by atoms with Crippen molar-refractivity contribution in [2.75, 3.05) is 26.7 Å². The summed E-state index contributed by atoms with van der Waals surface area (Å²) in [4.78, 5) is 38.4. The molecule has 2 heterocycles. The van der Waals surface area contributed by atoms with Crippen molar-refractivity contribution in [2.45, 2.75) is 12.8 Å². The highest BCUT2D eigenvalue weighted by Gasteiger charge is 2.29. The number of hydrogen-bond acceptors (Lipinski definition) is 4. The average Bonchev–Trinajstić information content (AvgIpc) is 2.93. The van der Waals surface area contributed by atoms with Crippen LogP contribution in [-0.4, -0.2) is 59.4 Å². The standard InChI is InChI=1S/C14H17BrN2O4S/c1-16(13(19)10-5-11(15)22-8-10)7-12(18)17-4-2-3-9(6-17)14(20)21/h5,8-9H,2-4,6-7H2,1H3,(H,20,21). The van der Waals surface area contributed by atoms with Gasteiger partial charge in [0.1, 0.15) is 0 Å². The largest absolute Gasteiger partial charge is 0.481 e. The molecule has 1 N–H and O–H groups in total. The Morgan fingerprint density at radius 1 is 1.50 bits per heavy atom. The van der Waals surface area contributed by atoms with E-state index in [1.54, 1.807) is 18.5 Å². The third-order valence-corrected chi connectivity index (χ3v) is 5.16. The second-order valence-corrected chi connectivity index (χ2v) is 7.61. The fourth-order valence-corrected chi connectivity index (χ4v) is 3.55. The molecular formula is C14H17BrN2O4S. The zero-order valence-corrected chi connectivity index (χ0v) is 14.5. The number of carboxylic acid groups (broad SMARTS) is 1. The lowest BCUT2D eigenvalue weighted by molar-refractivity contribution is -0.145. The van der Waals surface area contributed by atoms with Crippen LogP contribution in [0.15, 0.2) is 15.2 Å². The summed E-state index contributed by atoms with van der Waals surface area (Å²) in [5.41, 5.74) is 0.536. The third-order valence-electron chi connectivity index (χ3n) is 3.66. The summed E-state index contributed by atoms with van der Waals surface area (Å²) in [6.45, 7) is 0.730. The molecule has 22 heavy (non-hydrogen) atoms. The summed E-state index contributed by atoms with van der Waals surface area (Å²) in [5, 5.41) is 10.8. The lowest BCUT2D eigenvalue weighted by atomic mass is 9.98. The quantitative estimate of drug-likeness (QED) is 0.854. The molecule has 0 aromatic carbocycles. The van der Waals surface area contributed by atoms with Crippen LogP contribution in [0.2, 0.25) is 0 Å². The smallest absolute Gasteiger partial charge is 0.308 e. The molecule has 1 aromatic rings. The van der Waals surface area contributed by atoms with Gasteiger partial charge in [-0.15, -0.1) is 11.3 Å².